The summed E-state index contributed by atoms with van der Waals surface area (Å²) in [5.74, 6) is 0. The second-order valence-corrected chi connectivity index (χ2v) is 5.64. The van der Waals surface area contributed by atoms with Crippen LogP contribution in [0.4, 0.5) is 0 Å². The fraction of sp³-hybridized carbons (Fsp3) is 1.00. The zero-order chi connectivity index (χ0) is 11.2. The fourth-order valence-corrected chi connectivity index (χ4v) is 2.23. The summed E-state index contributed by atoms with van der Waals surface area (Å²) in [4.78, 5) is 8.36. The lowest BCUT2D eigenvalue weighted by molar-refractivity contribution is 0.499. The van der Waals surface area contributed by atoms with Crippen LogP contribution in [-0.2, 0) is 4.57 Å². The van der Waals surface area contributed by atoms with Gasteiger partial charge in [0.15, 0.2) is 6.16 Å². The Bertz CT molecular complexity index is 119. The molecule has 0 aliphatic rings. The summed E-state index contributed by atoms with van der Waals surface area (Å²) in [5.41, 5.74) is 0. The van der Waals surface area contributed by atoms with E-state index in [-0.39, 0.29) is 0 Å². The molecule has 0 aliphatic heterocycles. The smallest absolute Gasteiger partial charge is 0.161 e. The largest absolute Gasteiger partial charge is 0.505 e. The van der Waals surface area contributed by atoms with Crippen LogP contribution in [-0.4, -0.2) is 27.3 Å². The van der Waals surface area contributed by atoms with E-state index < -0.39 is 8.03 Å². The van der Waals surface area contributed by atoms with Gasteiger partial charge in [0.2, 0.25) is 16.3 Å². The first-order chi connectivity index (χ1) is 6.68. The molecular formula is C10H25AlO2P+. The molecule has 0 saturated heterocycles. The van der Waals surface area contributed by atoms with E-state index in [1.54, 1.807) is 0 Å². The monoisotopic (exact) mass is 235 g/mol. The second kappa shape index (κ2) is 16.0. The maximum Gasteiger partial charge on any atom is 0.505 e. The van der Waals surface area contributed by atoms with Crippen LogP contribution in [0.15, 0.2) is 0 Å². The number of hydrogen-bond acceptors (Lipinski definition) is 1. The van der Waals surface area contributed by atoms with Gasteiger partial charge in [-0.2, -0.15) is 4.89 Å². The Kier molecular flexibility index (Phi) is 19.5. The van der Waals surface area contributed by atoms with Crippen LogP contribution in [0, 0.1) is 0 Å². The molecule has 1 unspecified atom stereocenters. The Morgan fingerprint density at radius 1 is 1.07 bits per heavy atom. The Morgan fingerprint density at radius 3 is 1.93 bits per heavy atom. The van der Waals surface area contributed by atoms with Gasteiger partial charge in [0.1, 0.15) is 0 Å². The summed E-state index contributed by atoms with van der Waals surface area (Å²) < 4.78 is 10.1. The lowest BCUT2D eigenvalue weighted by atomic mass is 10.2. The molecule has 0 aromatic heterocycles. The van der Waals surface area contributed by atoms with Gasteiger partial charge >= 0.3 is 8.03 Å². The van der Waals surface area contributed by atoms with E-state index in [9.17, 15) is 4.57 Å². The molecule has 1 atom stereocenters. The van der Waals surface area contributed by atoms with Crippen molar-refractivity contribution in [3.8, 4) is 0 Å². The van der Waals surface area contributed by atoms with Crippen LogP contribution in [0.3, 0.4) is 0 Å². The van der Waals surface area contributed by atoms with Crippen LogP contribution in [0.2, 0.25) is 5.28 Å². The molecule has 0 rings (SSSR count). The van der Waals surface area contributed by atoms with Crippen molar-refractivity contribution in [3.63, 3.8) is 0 Å². The minimum Gasteiger partial charge on any atom is -0.161 e. The molecule has 0 saturated carbocycles. The minimum atomic E-state index is -1.87. The highest BCUT2D eigenvalue weighted by atomic mass is 31.1. The summed E-state index contributed by atoms with van der Waals surface area (Å²) in [6.45, 7) is 4.36. The third-order valence-electron chi connectivity index (χ3n) is 1.91. The normalized spacial score (nSPS) is 10.4. The molecule has 0 fully saturated rings. The third-order valence-corrected chi connectivity index (χ3v) is 3.32. The molecule has 1 N–H and O–H groups in total. The van der Waals surface area contributed by atoms with E-state index in [1.165, 1.54) is 47.3 Å². The van der Waals surface area contributed by atoms with Gasteiger partial charge in [-0.25, -0.2) is 0 Å². The van der Waals surface area contributed by atoms with Gasteiger partial charge in [-0.15, -0.1) is 5.28 Å². The Labute approximate surface area is 97.8 Å². The first kappa shape index (κ1) is 17.0. The van der Waals surface area contributed by atoms with Crippen molar-refractivity contribution in [1.29, 1.82) is 0 Å². The fourth-order valence-electron chi connectivity index (χ4n) is 1.03. The minimum absolute atomic E-state index is 0.481. The summed E-state index contributed by atoms with van der Waals surface area (Å²) in [7, 11) is -1.87. The van der Waals surface area contributed by atoms with Gasteiger partial charge in [-0.1, -0.05) is 39.5 Å². The van der Waals surface area contributed by atoms with E-state index in [1.807, 2.05) is 0 Å². The van der Waals surface area contributed by atoms with E-state index >= 15 is 0 Å². The van der Waals surface area contributed by atoms with Gasteiger partial charge < -0.3 is 0 Å². The highest BCUT2D eigenvalue weighted by molar-refractivity contribution is 7.37. The maximum absolute atomic E-state index is 10.1. The summed E-state index contributed by atoms with van der Waals surface area (Å²) in [6, 6.07) is 0. The first-order valence-electron chi connectivity index (χ1n) is 5.82. The summed E-state index contributed by atoms with van der Waals surface area (Å²) in [6.07, 6.45) is 7.67. The van der Waals surface area contributed by atoms with Gasteiger partial charge in [0, 0.05) is 0 Å². The quantitative estimate of drug-likeness (QED) is 0.418. The van der Waals surface area contributed by atoms with E-state index in [0.29, 0.717) is 6.16 Å². The predicted octanol–water partition coefficient (Wildman–Crippen LogP) is 3.14. The number of hydrogen-bond donors (Lipinski definition) is 1. The van der Waals surface area contributed by atoms with Crippen molar-refractivity contribution >= 4 is 24.3 Å². The van der Waals surface area contributed by atoms with Crippen molar-refractivity contribution < 1.29 is 9.46 Å². The van der Waals surface area contributed by atoms with Crippen LogP contribution in [0.1, 0.15) is 52.4 Å². The average Bonchev–Trinajstić information content (AvgIpc) is 2.15. The molecule has 0 heterocycles. The highest BCUT2D eigenvalue weighted by Gasteiger charge is 2.06. The molecule has 14 heavy (non-hydrogen) atoms. The van der Waals surface area contributed by atoms with Crippen LogP contribution in [0.5, 0.6) is 0 Å². The molecule has 0 aliphatic carbocycles. The lowest BCUT2D eigenvalue weighted by Gasteiger charge is -1.88. The Morgan fingerprint density at radius 2 is 1.64 bits per heavy atom. The molecule has 84 valence electrons. The first-order valence-corrected chi connectivity index (χ1v) is 8.63. The lowest BCUT2D eigenvalue weighted by Crippen LogP contribution is -1.78. The van der Waals surface area contributed by atoms with Crippen LogP contribution in [0.25, 0.3) is 0 Å². The Hall–Kier alpha value is 0.592. The van der Waals surface area contributed by atoms with Gasteiger partial charge in [-0.3, -0.25) is 0 Å². The molecule has 4 heteroatoms. The maximum atomic E-state index is 10.1. The van der Waals surface area contributed by atoms with E-state index in [4.69, 9.17) is 4.89 Å². The van der Waals surface area contributed by atoms with Crippen molar-refractivity contribution in [1.82, 2.24) is 0 Å². The van der Waals surface area contributed by atoms with Gasteiger partial charge in [0.05, 0.1) is 0 Å². The molecule has 2 nitrogen and oxygen atoms in total. The van der Waals surface area contributed by atoms with Gasteiger partial charge in [0.25, 0.3) is 0 Å². The zero-order valence-corrected chi connectivity index (χ0v) is 12.9. The standard InChI is InChI=1S/C6H13O2P.C4H9.Al.2H/c1-2-3-4-5-6-9(7)8;1-3-4-2;;;/h2-6H2,1H3;1,3-4H2,2H3;;;/p+1. The number of unbranched alkanes of at least 4 members (excludes halogenated alkanes) is 4. The predicted molar refractivity (Wildman–Crippen MR) is 67.1 cm³/mol. The van der Waals surface area contributed by atoms with Crippen LogP contribution >= 0.6 is 8.03 Å². The van der Waals surface area contributed by atoms with Crippen molar-refractivity contribution in [2.45, 2.75) is 57.7 Å². The molecule has 0 bridgehead atoms. The molecule has 0 radical (unpaired) electrons. The molecule has 0 aromatic rings. The van der Waals surface area contributed by atoms with E-state index in [0.717, 1.165) is 12.8 Å². The molecular weight excluding hydrogens is 210 g/mol. The number of rotatable bonds is 7. The van der Waals surface area contributed by atoms with Crippen molar-refractivity contribution in [2.24, 2.45) is 0 Å². The van der Waals surface area contributed by atoms with Crippen LogP contribution < -0.4 is 0 Å². The summed E-state index contributed by atoms with van der Waals surface area (Å²) in [5, 5.41) is 1.48. The van der Waals surface area contributed by atoms with Gasteiger partial charge in [-0.05, 0) is 17.4 Å². The van der Waals surface area contributed by atoms with Crippen molar-refractivity contribution in [2.75, 3.05) is 6.16 Å². The second-order valence-electron chi connectivity index (χ2n) is 3.49. The van der Waals surface area contributed by atoms with Crippen molar-refractivity contribution in [3.05, 3.63) is 0 Å². The SMILES string of the molecule is CCCCCC[P+](=O)O.CCC[CH2][AlH2]. The molecule has 0 spiro atoms. The Balaban J connectivity index is 0. The highest BCUT2D eigenvalue weighted by Crippen LogP contribution is 2.15. The van der Waals surface area contributed by atoms with E-state index in [2.05, 4.69) is 13.8 Å². The topological polar surface area (TPSA) is 37.3 Å². The average molecular weight is 235 g/mol. The zero-order valence-electron chi connectivity index (χ0n) is 9.96. The molecule has 0 amide bonds. The summed E-state index contributed by atoms with van der Waals surface area (Å²) >= 11 is 1.40. The molecule has 0 aromatic carbocycles. The third kappa shape index (κ3) is 22.9.